The lowest BCUT2D eigenvalue weighted by atomic mass is 10.0. The molecule has 2 aromatic carbocycles. The maximum absolute atomic E-state index is 14.1. The maximum atomic E-state index is 14.1. The number of hydrogen-bond donors (Lipinski definition) is 1. The quantitative estimate of drug-likeness (QED) is 0.783. The molecule has 0 saturated heterocycles. The van der Waals surface area contributed by atoms with Crippen molar-refractivity contribution in [2.45, 2.75) is 23.7 Å². The predicted octanol–water partition coefficient (Wildman–Crippen LogP) is 3.67. The highest BCUT2D eigenvalue weighted by atomic mass is 32.2. The van der Waals surface area contributed by atoms with Gasteiger partial charge < -0.3 is 9.47 Å². The van der Waals surface area contributed by atoms with E-state index in [0.29, 0.717) is 0 Å². The average molecular weight is 409 g/mol. The van der Waals surface area contributed by atoms with Crippen molar-refractivity contribution in [1.82, 2.24) is 4.72 Å². The Bertz CT molecular complexity index is 945. The molecule has 0 aromatic heterocycles. The predicted molar refractivity (Wildman–Crippen MR) is 82.7 cm³/mol. The normalized spacial score (nSPS) is 17.1. The SMILES string of the molecule is O=S(=O)(N[C@@H]1CCOc2c(F)ccc(F)c21)c1ccc(OC(F)(F)F)cc1. The average Bonchev–Trinajstić information content (AvgIpc) is 2.57. The van der Waals surface area contributed by atoms with Crippen LogP contribution < -0.4 is 14.2 Å². The minimum absolute atomic E-state index is 0.0427. The Hall–Kier alpha value is -2.40. The minimum Gasteiger partial charge on any atom is -0.490 e. The first-order valence-electron chi connectivity index (χ1n) is 7.56. The van der Waals surface area contributed by atoms with Crippen molar-refractivity contribution in [2.24, 2.45) is 0 Å². The zero-order chi connectivity index (χ0) is 19.8. The summed E-state index contributed by atoms with van der Waals surface area (Å²) in [5.74, 6) is -2.63. The molecule has 5 nitrogen and oxygen atoms in total. The summed E-state index contributed by atoms with van der Waals surface area (Å²) in [4.78, 5) is -0.359. The van der Waals surface area contributed by atoms with Gasteiger partial charge in [0.15, 0.2) is 11.6 Å². The van der Waals surface area contributed by atoms with Crippen molar-refractivity contribution in [3.63, 3.8) is 0 Å². The number of sulfonamides is 1. The second kappa shape index (κ2) is 6.97. The van der Waals surface area contributed by atoms with E-state index < -0.39 is 39.8 Å². The van der Waals surface area contributed by atoms with Crippen molar-refractivity contribution >= 4 is 10.0 Å². The van der Waals surface area contributed by atoms with Crippen LogP contribution in [-0.2, 0) is 10.0 Å². The van der Waals surface area contributed by atoms with Gasteiger partial charge in [-0.1, -0.05) is 0 Å². The summed E-state index contributed by atoms with van der Waals surface area (Å²) in [5.41, 5.74) is -0.262. The lowest BCUT2D eigenvalue weighted by molar-refractivity contribution is -0.274. The number of nitrogens with one attached hydrogen (secondary N) is 1. The van der Waals surface area contributed by atoms with Gasteiger partial charge in [-0.15, -0.1) is 13.2 Å². The Balaban J connectivity index is 1.85. The highest BCUT2D eigenvalue weighted by Crippen LogP contribution is 2.37. The molecule has 1 N–H and O–H groups in total. The third-order valence-corrected chi connectivity index (χ3v) is 5.25. The lowest BCUT2D eigenvalue weighted by Crippen LogP contribution is -2.33. The highest BCUT2D eigenvalue weighted by Gasteiger charge is 2.33. The van der Waals surface area contributed by atoms with Crippen molar-refractivity contribution in [3.8, 4) is 11.5 Å². The van der Waals surface area contributed by atoms with E-state index in [9.17, 15) is 30.4 Å². The first kappa shape index (κ1) is 19.4. The molecule has 0 bridgehead atoms. The van der Waals surface area contributed by atoms with Gasteiger partial charge in [0.1, 0.15) is 11.6 Å². The van der Waals surface area contributed by atoms with Crippen molar-refractivity contribution in [1.29, 1.82) is 0 Å². The van der Waals surface area contributed by atoms with Crippen LogP contribution in [0.25, 0.3) is 0 Å². The monoisotopic (exact) mass is 409 g/mol. The molecule has 0 saturated carbocycles. The third kappa shape index (κ3) is 4.30. The number of fused-ring (bicyclic) bond motifs is 1. The Labute approximate surface area is 150 Å². The number of alkyl halides is 3. The topological polar surface area (TPSA) is 64.6 Å². The summed E-state index contributed by atoms with van der Waals surface area (Å²) in [6, 6.07) is 4.11. The second-order valence-corrected chi connectivity index (χ2v) is 7.32. The lowest BCUT2D eigenvalue weighted by Gasteiger charge is -2.27. The molecular weight excluding hydrogens is 397 g/mol. The van der Waals surface area contributed by atoms with Crippen molar-refractivity contribution in [2.75, 3.05) is 6.61 Å². The first-order valence-corrected chi connectivity index (χ1v) is 9.04. The summed E-state index contributed by atoms with van der Waals surface area (Å²) in [5, 5.41) is 0. The molecule has 27 heavy (non-hydrogen) atoms. The van der Waals surface area contributed by atoms with Crippen LogP contribution in [0.4, 0.5) is 22.0 Å². The fourth-order valence-corrected chi connectivity index (χ4v) is 3.88. The molecule has 146 valence electrons. The largest absolute Gasteiger partial charge is 0.573 e. The van der Waals surface area contributed by atoms with E-state index in [4.69, 9.17) is 4.74 Å². The van der Waals surface area contributed by atoms with Crippen molar-refractivity contribution < 1.29 is 39.8 Å². The Morgan fingerprint density at radius 2 is 1.67 bits per heavy atom. The summed E-state index contributed by atoms with van der Waals surface area (Å²) < 4.78 is 100. The molecule has 1 aliphatic rings. The van der Waals surface area contributed by atoms with Gasteiger partial charge >= 0.3 is 6.36 Å². The van der Waals surface area contributed by atoms with Crippen LogP contribution in [0.15, 0.2) is 41.3 Å². The molecule has 1 aliphatic heterocycles. The number of hydrogen-bond acceptors (Lipinski definition) is 4. The summed E-state index contributed by atoms with van der Waals surface area (Å²) >= 11 is 0. The molecule has 3 rings (SSSR count). The van der Waals surface area contributed by atoms with Gasteiger partial charge in [-0.25, -0.2) is 21.9 Å². The van der Waals surface area contributed by atoms with E-state index in [1.54, 1.807) is 0 Å². The van der Waals surface area contributed by atoms with E-state index in [2.05, 4.69) is 9.46 Å². The fourth-order valence-electron chi connectivity index (χ4n) is 2.64. The van der Waals surface area contributed by atoms with Gasteiger partial charge in [-0.2, -0.15) is 0 Å². The molecule has 0 spiro atoms. The van der Waals surface area contributed by atoms with Crippen LogP contribution in [0.1, 0.15) is 18.0 Å². The second-order valence-electron chi connectivity index (χ2n) is 5.60. The number of halogens is 5. The van der Waals surface area contributed by atoms with Gasteiger partial charge in [0.05, 0.1) is 23.1 Å². The van der Waals surface area contributed by atoms with Gasteiger partial charge in [-0.3, -0.25) is 0 Å². The van der Waals surface area contributed by atoms with Crippen LogP contribution in [0.2, 0.25) is 0 Å². The van der Waals surface area contributed by atoms with Gasteiger partial charge in [0, 0.05) is 6.42 Å². The third-order valence-electron chi connectivity index (χ3n) is 3.76. The summed E-state index contributed by atoms with van der Waals surface area (Å²) in [6.07, 6.45) is -4.87. The smallest absolute Gasteiger partial charge is 0.490 e. The highest BCUT2D eigenvalue weighted by molar-refractivity contribution is 7.89. The molecule has 1 atom stereocenters. The molecule has 0 radical (unpaired) electrons. The Kier molecular flexibility index (Phi) is 5.00. The van der Waals surface area contributed by atoms with E-state index in [1.807, 2.05) is 0 Å². The zero-order valence-electron chi connectivity index (χ0n) is 13.4. The number of ether oxygens (including phenoxy) is 2. The fraction of sp³-hybridized carbons (Fsp3) is 0.250. The van der Waals surface area contributed by atoms with Crippen LogP contribution in [-0.4, -0.2) is 21.4 Å². The number of benzene rings is 2. The first-order chi connectivity index (χ1) is 12.6. The molecule has 0 fully saturated rings. The Morgan fingerprint density at radius 3 is 2.30 bits per heavy atom. The molecular formula is C16H12F5NO4S. The number of rotatable bonds is 4. The molecule has 11 heteroatoms. The summed E-state index contributed by atoms with van der Waals surface area (Å²) in [7, 11) is -4.22. The summed E-state index contributed by atoms with van der Waals surface area (Å²) in [6.45, 7) is -0.0427. The van der Waals surface area contributed by atoms with Crippen LogP contribution in [0.5, 0.6) is 11.5 Å². The zero-order valence-corrected chi connectivity index (χ0v) is 14.2. The van der Waals surface area contributed by atoms with Crippen LogP contribution >= 0.6 is 0 Å². The van der Waals surface area contributed by atoms with Gasteiger partial charge in [0.25, 0.3) is 0 Å². The standard InChI is InChI=1S/C16H12F5NO4S/c17-11-5-6-12(18)15-14(11)13(7-8-25-15)22-27(23,24)10-3-1-9(2-4-10)26-16(19,20)21/h1-6,13,22H,7-8H2/t13-/m1/s1. The van der Waals surface area contributed by atoms with E-state index >= 15 is 0 Å². The van der Waals surface area contributed by atoms with E-state index in [1.165, 1.54) is 0 Å². The molecule has 0 unspecified atom stereocenters. The molecule has 2 aromatic rings. The maximum Gasteiger partial charge on any atom is 0.573 e. The van der Waals surface area contributed by atoms with Gasteiger partial charge in [-0.05, 0) is 36.4 Å². The van der Waals surface area contributed by atoms with Crippen molar-refractivity contribution in [3.05, 3.63) is 53.6 Å². The van der Waals surface area contributed by atoms with Crippen LogP contribution in [0.3, 0.4) is 0 Å². The molecule has 0 aliphatic carbocycles. The minimum atomic E-state index is -4.91. The Morgan fingerprint density at radius 1 is 1.04 bits per heavy atom. The molecule has 0 amide bonds. The van der Waals surface area contributed by atoms with Crippen LogP contribution in [0, 0.1) is 11.6 Å². The molecule has 1 heterocycles. The van der Waals surface area contributed by atoms with E-state index in [0.717, 1.165) is 36.4 Å². The van der Waals surface area contributed by atoms with Gasteiger partial charge in [0.2, 0.25) is 10.0 Å². The van der Waals surface area contributed by atoms with E-state index in [-0.39, 0.29) is 29.2 Å².